The SMILES string of the molecule is CCCOC(=O)CCC(=O)NC(=S)Nc1sc2c(c1C(=O)OC)CCC(C(C)(C)C)C2. The van der Waals surface area contributed by atoms with Crippen LogP contribution in [0.2, 0.25) is 0 Å². The summed E-state index contributed by atoms with van der Waals surface area (Å²) < 4.78 is 9.96. The molecule has 2 rings (SSSR count). The first-order valence-corrected chi connectivity index (χ1v) is 11.8. The van der Waals surface area contributed by atoms with Gasteiger partial charge in [-0.05, 0) is 54.8 Å². The topological polar surface area (TPSA) is 93.7 Å². The van der Waals surface area contributed by atoms with E-state index in [1.165, 1.54) is 18.4 Å². The number of nitrogens with one attached hydrogen (secondary N) is 2. The zero-order valence-electron chi connectivity index (χ0n) is 18.9. The van der Waals surface area contributed by atoms with Gasteiger partial charge in [-0.2, -0.15) is 0 Å². The number of hydrogen-bond acceptors (Lipinski definition) is 7. The largest absolute Gasteiger partial charge is 0.466 e. The fraction of sp³-hybridized carbons (Fsp3) is 0.636. The molecule has 9 heteroatoms. The second-order valence-corrected chi connectivity index (χ2v) is 10.2. The number of esters is 2. The van der Waals surface area contributed by atoms with Crippen LogP contribution in [0.4, 0.5) is 5.00 Å². The molecule has 0 saturated carbocycles. The second kappa shape index (κ2) is 11.0. The van der Waals surface area contributed by atoms with Gasteiger partial charge in [0.25, 0.3) is 0 Å². The number of anilines is 1. The summed E-state index contributed by atoms with van der Waals surface area (Å²) in [6.07, 6.45) is 3.40. The molecule has 7 nitrogen and oxygen atoms in total. The highest BCUT2D eigenvalue weighted by Crippen LogP contribution is 2.44. The summed E-state index contributed by atoms with van der Waals surface area (Å²) in [5.41, 5.74) is 1.68. The van der Waals surface area contributed by atoms with E-state index in [-0.39, 0.29) is 29.3 Å². The van der Waals surface area contributed by atoms with Crippen molar-refractivity contribution in [1.29, 1.82) is 0 Å². The summed E-state index contributed by atoms with van der Waals surface area (Å²) in [6, 6.07) is 0. The Bertz CT molecular complexity index is 842. The van der Waals surface area contributed by atoms with Crippen LogP contribution in [0.5, 0.6) is 0 Å². The van der Waals surface area contributed by atoms with Crippen LogP contribution in [-0.2, 0) is 31.9 Å². The molecule has 0 aromatic carbocycles. The van der Waals surface area contributed by atoms with E-state index in [1.54, 1.807) is 0 Å². The van der Waals surface area contributed by atoms with Crippen molar-refractivity contribution in [1.82, 2.24) is 5.32 Å². The molecule has 1 aromatic rings. The number of amides is 1. The summed E-state index contributed by atoms with van der Waals surface area (Å²) in [6.45, 7) is 8.95. The number of ether oxygens (including phenoxy) is 2. The van der Waals surface area contributed by atoms with Crippen molar-refractivity contribution in [3.63, 3.8) is 0 Å². The molecule has 1 amide bonds. The number of hydrogen-bond donors (Lipinski definition) is 2. The minimum absolute atomic E-state index is 0.0106. The van der Waals surface area contributed by atoms with Gasteiger partial charge in [0, 0.05) is 11.3 Å². The molecule has 0 spiro atoms. The number of carbonyl (C=O) groups is 3. The Morgan fingerprint density at radius 2 is 1.94 bits per heavy atom. The molecule has 1 atom stereocenters. The van der Waals surface area contributed by atoms with Gasteiger partial charge in [-0.3, -0.25) is 9.59 Å². The zero-order chi connectivity index (χ0) is 23.2. The Labute approximate surface area is 193 Å². The van der Waals surface area contributed by atoms with Crippen molar-refractivity contribution < 1.29 is 23.9 Å². The van der Waals surface area contributed by atoms with E-state index in [0.717, 1.165) is 36.1 Å². The number of thiophene rings is 1. The maximum atomic E-state index is 12.5. The van der Waals surface area contributed by atoms with E-state index < -0.39 is 11.9 Å². The Kier molecular flexibility index (Phi) is 9.00. The molecule has 1 heterocycles. The lowest BCUT2D eigenvalue weighted by Gasteiger charge is -2.33. The van der Waals surface area contributed by atoms with Gasteiger partial charge in [-0.25, -0.2) is 4.79 Å². The molecule has 1 aliphatic carbocycles. The Morgan fingerprint density at radius 3 is 2.55 bits per heavy atom. The summed E-state index contributed by atoms with van der Waals surface area (Å²) in [5, 5.41) is 6.22. The number of carbonyl (C=O) groups excluding carboxylic acids is 3. The van der Waals surface area contributed by atoms with E-state index in [4.69, 9.17) is 21.7 Å². The lowest BCUT2D eigenvalue weighted by atomic mass is 9.72. The smallest absolute Gasteiger partial charge is 0.341 e. The highest BCUT2D eigenvalue weighted by Gasteiger charge is 2.34. The van der Waals surface area contributed by atoms with Gasteiger partial charge in [0.15, 0.2) is 5.11 Å². The maximum absolute atomic E-state index is 12.5. The van der Waals surface area contributed by atoms with Crippen LogP contribution in [-0.4, -0.2) is 36.7 Å². The highest BCUT2D eigenvalue weighted by molar-refractivity contribution is 7.80. The Hall–Kier alpha value is -2.00. The maximum Gasteiger partial charge on any atom is 0.341 e. The van der Waals surface area contributed by atoms with Crippen LogP contribution >= 0.6 is 23.6 Å². The van der Waals surface area contributed by atoms with E-state index >= 15 is 0 Å². The molecule has 0 bridgehead atoms. The van der Waals surface area contributed by atoms with Crippen molar-refractivity contribution in [2.24, 2.45) is 11.3 Å². The predicted octanol–water partition coefficient (Wildman–Crippen LogP) is 4.23. The normalized spacial score (nSPS) is 15.6. The van der Waals surface area contributed by atoms with Crippen LogP contribution < -0.4 is 10.6 Å². The molecule has 0 saturated heterocycles. The number of thiocarbonyl (C=S) groups is 1. The molecule has 2 N–H and O–H groups in total. The third-order valence-electron chi connectivity index (χ3n) is 5.38. The van der Waals surface area contributed by atoms with Gasteiger partial charge in [0.05, 0.1) is 25.7 Å². The fourth-order valence-corrected chi connectivity index (χ4v) is 5.16. The third-order valence-corrected chi connectivity index (χ3v) is 6.76. The van der Waals surface area contributed by atoms with E-state index in [1.807, 2.05) is 6.92 Å². The summed E-state index contributed by atoms with van der Waals surface area (Å²) in [5.74, 6) is -0.694. The molecular formula is C22H32N2O5S2. The molecule has 0 fully saturated rings. The van der Waals surface area contributed by atoms with E-state index in [9.17, 15) is 14.4 Å². The minimum Gasteiger partial charge on any atom is -0.466 e. The Balaban J connectivity index is 2.06. The lowest BCUT2D eigenvalue weighted by Crippen LogP contribution is -2.34. The van der Waals surface area contributed by atoms with Gasteiger partial charge in [-0.1, -0.05) is 27.7 Å². The number of rotatable bonds is 7. The van der Waals surface area contributed by atoms with Crippen LogP contribution in [0, 0.1) is 11.3 Å². The highest BCUT2D eigenvalue weighted by atomic mass is 32.1. The molecular weight excluding hydrogens is 436 g/mol. The molecule has 1 aromatic heterocycles. The van der Waals surface area contributed by atoms with Gasteiger partial charge in [0.1, 0.15) is 5.00 Å². The predicted molar refractivity (Wildman–Crippen MR) is 125 cm³/mol. The van der Waals surface area contributed by atoms with Crippen molar-refractivity contribution in [3.05, 3.63) is 16.0 Å². The lowest BCUT2D eigenvalue weighted by molar-refractivity contribution is -0.144. The average Bonchev–Trinajstić information content (AvgIpc) is 3.06. The van der Waals surface area contributed by atoms with Gasteiger partial charge < -0.3 is 20.1 Å². The summed E-state index contributed by atoms with van der Waals surface area (Å²) in [7, 11) is 1.36. The summed E-state index contributed by atoms with van der Waals surface area (Å²) in [4.78, 5) is 37.3. The first-order valence-electron chi connectivity index (χ1n) is 10.6. The van der Waals surface area contributed by atoms with Crippen molar-refractivity contribution in [3.8, 4) is 0 Å². The Morgan fingerprint density at radius 1 is 1.23 bits per heavy atom. The third kappa shape index (κ3) is 7.00. The van der Waals surface area contributed by atoms with Crippen LogP contribution in [0.15, 0.2) is 0 Å². The first kappa shape index (κ1) is 25.3. The van der Waals surface area contributed by atoms with Gasteiger partial charge in [0.2, 0.25) is 5.91 Å². The molecule has 1 aliphatic rings. The first-order chi connectivity index (χ1) is 14.6. The molecule has 172 valence electrons. The monoisotopic (exact) mass is 468 g/mol. The van der Waals surface area contributed by atoms with Crippen LogP contribution in [0.25, 0.3) is 0 Å². The van der Waals surface area contributed by atoms with Crippen LogP contribution in [0.3, 0.4) is 0 Å². The quantitative estimate of drug-likeness (QED) is 0.457. The zero-order valence-corrected chi connectivity index (χ0v) is 20.5. The van der Waals surface area contributed by atoms with Crippen molar-refractivity contribution in [2.45, 2.75) is 66.2 Å². The second-order valence-electron chi connectivity index (χ2n) is 8.73. The van der Waals surface area contributed by atoms with Crippen LogP contribution in [0.1, 0.15) is 74.2 Å². The fourth-order valence-electron chi connectivity index (χ4n) is 3.56. The summed E-state index contributed by atoms with van der Waals surface area (Å²) >= 11 is 6.75. The average molecular weight is 469 g/mol. The minimum atomic E-state index is -0.415. The van der Waals surface area contributed by atoms with Crippen molar-refractivity contribution in [2.75, 3.05) is 19.0 Å². The molecule has 1 unspecified atom stereocenters. The van der Waals surface area contributed by atoms with Gasteiger partial charge in [-0.15, -0.1) is 11.3 Å². The molecule has 31 heavy (non-hydrogen) atoms. The van der Waals surface area contributed by atoms with E-state index in [0.29, 0.717) is 23.1 Å². The number of fused-ring (bicyclic) bond motifs is 1. The standard InChI is InChI=1S/C22H32N2O5S2/c1-6-11-29-17(26)10-9-16(25)23-21(30)24-19-18(20(27)28-5)14-8-7-13(22(2,3)4)12-15(14)31-19/h13H,6-12H2,1-5H3,(H2,23,24,25,30). The number of methoxy groups -OCH3 is 1. The molecule has 0 aliphatic heterocycles. The molecule has 0 radical (unpaired) electrons. The van der Waals surface area contributed by atoms with Crippen molar-refractivity contribution >= 4 is 51.5 Å². The van der Waals surface area contributed by atoms with Gasteiger partial charge >= 0.3 is 11.9 Å². The van der Waals surface area contributed by atoms with E-state index in [2.05, 4.69) is 31.4 Å².